The zero-order chi connectivity index (χ0) is 9.47. The number of nitrogens with zero attached hydrogens (tertiary/aromatic N) is 4. The largest absolute Gasteiger partial charge is 0.294 e. The second-order valence-electron chi connectivity index (χ2n) is 4.61. The predicted octanol–water partition coefficient (Wildman–Crippen LogP) is 0.933. The van der Waals surface area contributed by atoms with E-state index in [1.54, 1.807) is 12.7 Å². The van der Waals surface area contributed by atoms with Crippen molar-refractivity contribution in [3.05, 3.63) is 12.7 Å². The number of aromatic nitrogens is 3. The number of rotatable bonds is 1. The van der Waals surface area contributed by atoms with E-state index >= 15 is 0 Å². The van der Waals surface area contributed by atoms with Crippen LogP contribution >= 0.6 is 0 Å². The minimum absolute atomic E-state index is 0.289. The lowest BCUT2D eigenvalue weighted by molar-refractivity contribution is 0.0153. The molecule has 0 atom stereocenters. The fourth-order valence-electron chi connectivity index (χ4n) is 1.58. The van der Waals surface area contributed by atoms with Crippen LogP contribution < -0.4 is 0 Å². The monoisotopic (exact) mass is 180 g/mol. The first kappa shape index (κ1) is 8.69. The fourth-order valence-corrected chi connectivity index (χ4v) is 1.58. The number of hydrogen-bond donors (Lipinski definition) is 0. The van der Waals surface area contributed by atoms with Gasteiger partial charge in [0.1, 0.15) is 12.7 Å². The molecule has 72 valence electrons. The molecule has 0 amide bonds. The molecule has 0 N–H and O–H groups in total. The van der Waals surface area contributed by atoms with Crippen molar-refractivity contribution < 1.29 is 0 Å². The van der Waals surface area contributed by atoms with Crippen molar-refractivity contribution >= 4 is 0 Å². The quantitative estimate of drug-likeness (QED) is 0.645. The van der Waals surface area contributed by atoms with Crippen LogP contribution in [0.3, 0.4) is 0 Å². The standard InChI is InChI=1S/C9H16N4/c1-9(2,3)12-4-8(5-12)13-7-10-6-11-13/h6-8H,4-5H2,1-3H3. The maximum atomic E-state index is 4.13. The zero-order valence-corrected chi connectivity index (χ0v) is 8.44. The molecule has 0 saturated carbocycles. The van der Waals surface area contributed by atoms with Crippen LogP contribution in [0.2, 0.25) is 0 Å². The van der Waals surface area contributed by atoms with Crippen molar-refractivity contribution in [2.45, 2.75) is 32.4 Å². The highest BCUT2D eigenvalue weighted by molar-refractivity contribution is 4.91. The zero-order valence-electron chi connectivity index (χ0n) is 8.44. The van der Waals surface area contributed by atoms with Gasteiger partial charge in [-0.2, -0.15) is 5.10 Å². The molecule has 4 nitrogen and oxygen atoms in total. The summed E-state index contributed by atoms with van der Waals surface area (Å²) in [6.45, 7) is 8.90. The predicted molar refractivity (Wildman–Crippen MR) is 50.4 cm³/mol. The van der Waals surface area contributed by atoms with E-state index in [2.05, 4.69) is 35.8 Å². The summed E-state index contributed by atoms with van der Waals surface area (Å²) in [7, 11) is 0. The first-order valence-corrected chi connectivity index (χ1v) is 4.66. The van der Waals surface area contributed by atoms with Gasteiger partial charge in [-0.3, -0.25) is 4.90 Å². The van der Waals surface area contributed by atoms with Crippen LogP contribution in [0, 0.1) is 0 Å². The first-order valence-electron chi connectivity index (χ1n) is 4.66. The molecule has 1 aromatic heterocycles. The third-order valence-electron chi connectivity index (χ3n) is 2.62. The van der Waals surface area contributed by atoms with Gasteiger partial charge in [0, 0.05) is 18.6 Å². The van der Waals surface area contributed by atoms with Gasteiger partial charge in [0.05, 0.1) is 6.04 Å². The van der Waals surface area contributed by atoms with Crippen molar-refractivity contribution in [1.82, 2.24) is 19.7 Å². The van der Waals surface area contributed by atoms with E-state index in [9.17, 15) is 0 Å². The van der Waals surface area contributed by atoms with Crippen molar-refractivity contribution in [3.8, 4) is 0 Å². The van der Waals surface area contributed by atoms with Crippen LogP contribution in [0.15, 0.2) is 12.7 Å². The second-order valence-corrected chi connectivity index (χ2v) is 4.61. The van der Waals surface area contributed by atoms with Crippen LogP contribution in [0.1, 0.15) is 26.8 Å². The van der Waals surface area contributed by atoms with Gasteiger partial charge >= 0.3 is 0 Å². The Labute approximate surface area is 78.6 Å². The lowest BCUT2D eigenvalue weighted by Gasteiger charge is -2.47. The molecule has 0 bridgehead atoms. The molecule has 13 heavy (non-hydrogen) atoms. The lowest BCUT2D eigenvalue weighted by Crippen LogP contribution is -2.56. The molecule has 0 radical (unpaired) electrons. The smallest absolute Gasteiger partial charge is 0.137 e. The van der Waals surface area contributed by atoms with Crippen LogP contribution in [0.4, 0.5) is 0 Å². The SMILES string of the molecule is CC(C)(C)N1CC(n2cncn2)C1. The normalized spacial score (nSPS) is 20.2. The van der Waals surface area contributed by atoms with Crippen molar-refractivity contribution in [2.24, 2.45) is 0 Å². The average molecular weight is 180 g/mol. The van der Waals surface area contributed by atoms with E-state index in [1.165, 1.54) is 0 Å². The van der Waals surface area contributed by atoms with E-state index in [4.69, 9.17) is 0 Å². The Kier molecular flexibility index (Phi) is 1.87. The average Bonchev–Trinajstić information content (AvgIpc) is 2.31. The summed E-state index contributed by atoms with van der Waals surface area (Å²) in [5, 5.41) is 4.13. The molecule has 1 aliphatic rings. The summed E-state index contributed by atoms with van der Waals surface area (Å²) in [6.07, 6.45) is 3.39. The van der Waals surface area contributed by atoms with Crippen molar-refractivity contribution in [3.63, 3.8) is 0 Å². The Morgan fingerprint density at radius 3 is 2.46 bits per heavy atom. The number of likely N-dealkylation sites (tertiary alicyclic amines) is 1. The van der Waals surface area contributed by atoms with E-state index in [-0.39, 0.29) is 5.54 Å². The molecule has 2 rings (SSSR count). The van der Waals surface area contributed by atoms with Gasteiger partial charge in [-0.1, -0.05) is 0 Å². The Bertz CT molecular complexity index is 266. The third kappa shape index (κ3) is 1.58. The van der Waals surface area contributed by atoms with Gasteiger partial charge < -0.3 is 0 Å². The molecular formula is C9H16N4. The molecule has 1 aliphatic heterocycles. The van der Waals surface area contributed by atoms with Crippen LogP contribution in [-0.2, 0) is 0 Å². The van der Waals surface area contributed by atoms with Crippen molar-refractivity contribution in [2.75, 3.05) is 13.1 Å². The van der Waals surface area contributed by atoms with Crippen LogP contribution in [-0.4, -0.2) is 38.3 Å². The Morgan fingerprint density at radius 2 is 2.00 bits per heavy atom. The summed E-state index contributed by atoms with van der Waals surface area (Å²) in [5.74, 6) is 0. The lowest BCUT2D eigenvalue weighted by atomic mass is 9.98. The molecule has 4 heteroatoms. The summed E-state index contributed by atoms with van der Waals surface area (Å²) in [4.78, 5) is 6.39. The fraction of sp³-hybridized carbons (Fsp3) is 0.778. The van der Waals surface area contributed by atoms with Gasteiger partial charge in [-0.05, 0) is 20.8 Å². The molecule has 0 aromatic carbocycles. The van der Waals surface area contributed by atoms with E-state index in [0.29, 0.717) is 6.04 Å². The van der Waals surface area contributed by atoms with Gasteiger partial charge in [0.15, 0.2) is 0 Å². The first-order chi connectivity index (χ1) is 6.07. The maximum Gasteiger partial charge on any atom is 0.137 e. The van der Waals surface area contributed by atoms with E-state index in [1.807, 2.05) is 4.68 Å². The minimum atomic E-state index is 0.289. The highest BCUT2D eigenvalue weighted by Gasteiger charge is 2.35. The molecule has 1 saturated heterocycles. The van der Waals surface area contributed by atoms with Gasteiger partial charge in [0.25, 0.3) is 0 Å². The molecule has 1 fully saturated rings. The molecule has 0 unspecified atom stereocenters. The molecule has 0 aliphatic carbocycles. The van der Waals surface area contributed by atoms with Crippen LogP contribution in [0.25, 0.3) is 0 Å². The van der Waals surface area contributed by atoms with Gasteiger partial charge in [0.2, 0.25) is 0 Å². The summed E-state index contributed by atoms with van der Waals surface area (Å²) >= 11 is 0. The molecule has 0 spiro atoms. The highest BCUT2D eigenvalue weighted by Crippen LogP contribution is 2.27. The maximum absolute atomic E-state index is 4.13. The van der Waals surface area contributed by atoms with E-state index < -0.39 is 0 Å². The third-order valence-corrected chi connectivity index (χ3v) is 2.62. The summed E-state index contributed by atoms with van der Waals surface area (Å²) < 4.78 is 1.95. The van der Waals surface area contributed by atoms with E-state index in [0.717, 1.165) is 13.1 Å². The second kappa shape index (κ2) is 2.80. The Balaban J connectivity index is 1.93. The van der Waals surface area contributed by atoms with Crippen LogP contribution in [0.5, 0.6) is 0 Å². The van der Waals surface area contributed by atoms with Gasteiger partial charge in [-0.25, -0.2) is 9.67 Å². The molecule has 1 aromatic rings. The molecular weight excluding hydrogens is 164 g/mol. The van der Waals surface area contributed by atoms with Gasteiger partial charge in [-0.15, -0.1) is 0 Å². The summed E-state index contributed by atoms with van der Waals surface area (Å²) in [5.41, 5.74) is 0.289. The topological polar surface area (TPSA) is 34.0 Å². The highest BCUT2D eigenvalue weighted by atomic mass is 15.4. The van der Waals surface area contributed by atoms with Crippen molar-refractivity contribution in [1.29, 1.82) is 0 Å². The molecule has 2 heterocycles. The number of hydrogen-bond acceptors (Lipinski definition) is 3. The Morgan fingerprint density at radius 1 is 1.31 bits per heavy atom. The Hall–Kier alpha value is -0.900. The summed E-state index contributed by atoms with van der Waals surface area (Å²) in [6, 6.07) is 0.529. The minimum Gasteiger partial charge on any atom is -0.294 e.